The second kappa shape index (κ2) is 7.57. The van der Waals surface area contributed by atoms with Gasteiger partial charge in [-0.3, -0.25) is 19.3 Å². The van der Waals surface area contributed by atoms with E-state index in [9.17, 15) is 19.5 Å². The van der Waals surface area contributed by atoms with Crippen LogP contribution in [0.4, 0.5) is 0 Å². The lowest BCUT2D eigenvalue weighted by molar-refractivity contribution is -0.121. The van der Waals surface area contributed by atoms with Gasteiger partial charge in [0.15, 0.2) is 0 Å². The number of nitrogens with zero attached hydrogens (tertiary/aromatic N) is 1. The molecule has 2 aromatic carbocycles. The molecule has 2 N–H and O–H groups in total. The van der Waals surface area contributed by atoms with Crippen LogP contribution in [0.2, 0.25) is 5.02 Å². The average Bonchev–Trinajstić information content (AvgIpc) is 2.84. The van der Waals surface area contributed by atoms with Crippen molar-refractivity contribution in [3.63, 3.8) is 0 Å². The smallest absolute Gasteiger partial charge is 0.262 e. The van der Waals surface area contributed by atoms with Gasteiger partial charge in [0.2, 0.25) is 5.91 Å². The molecule has 0 bridgehead atoms. The van der Waals surface area contributed by atoms with Crippen molar-refractivity contribution in [2.24, 2.45) is 0 Å². The highest BCUT2D eigenvalue weighted by molar-refractivity contribution is 9.10. The number of imide groups is 1. The Balaban J connectivity index is 1.59. The molecule has 1 aliphatic rings. The SMILES string of the molecule is O=C(CN1C(=O)c2ccc(Br)cc2C1=O)NC[C@H](O)c1ccc(Cl)cc1. The van der Waals surface area contributed by atoms with Crippen LogP contribution < -0.4 is 5.32 Å². The predicted molar refractivity (Wildman–Crippen MR) is 98.9 cm³/mol. The molecule has 0 aliphatic carbocycles. The molecule has 26 heavy (non-hydrogen) atoms. The monoisotopic (exact) mass is 436 g/mol. The highest BCUT2D eigenvalue weighted by Gasteiger charge is 2.36. The van der Waals surface area contributed by atoms with E-state index >= 15 is 0 Å². The summed E-state index contributed by atoms with van der Waals surface area (Å²) in [4.78, 5) is 37.6. The van der Waals surface area contributed by atoms with Crippen molar-refractivity contribution in [3.8, 4) is 0 Å². The Kier molecular flexibility index (Phi) is 5.41. The maximum atomic E-state index is 12.3. The molecule has 0 radical (unpaired) electrons. The first-order valence-corrected chi connectivity index (χ1v) is 8.90. The number of carbonyl (C=O) groups excluding carboxylic acids is 3. The van der Waals surface area contributed by atoms with E-state index in [1.807, 2.05) is 0 Å². The molecule has 1 heterocycles. The lowest BCUT2D eigenvalue weighted by atomic mass is 10.1. The van der Waals surface area contributed by atoms with Crippen LogP contribution in [-0.2, 0) is 4.79 Å². The number of halogens is 2. The maximum absolute atomic E-state index is 12.3. The van der Waals surface area contributed by atoms with Crippen LogP contribution in [0.3, 0.4) is 0 Å². The minimum Gasteiger partial charge on any atom is -0.387 e. The molecule has 8 heteroatoms. The molecule has 0 unspecified atom stereocenters. The van der Waals surface area contributed by atoms with Crippen LogP contribution in [0, 0.1) is 0 Å². The quantitative estimate of drug-likeness (QED) is 0.704. The van der Waals surface area contributed by atoms with Gasteiger partial charge in [-0.1, -0.05) is 39.7 Å². The van der Waals surface area contributed by atoms with Crippen LogP contribution >= 0.6 is 27.5 Å². The summed E-state index contributed by atoms with van der Waals surface area (Å²) in [5, 5.41) is 13.2. The second-order valence-electron chi connectivity index (χ2n) is 5.76. The van der Waals surface area contributed by atoms with E-state index in [0.29, 0.717) is 15.1 Å². The van der Waals surface area contributed by atoms with Crippen LogP contribution in [0.1, 0.15) is 32.4 Å². The minimum absolute atomic E-state index is 0.0464. The van der Waals surface area contributed by atoms with Gasteiger partial charge >= 0.3 is 0 Å². The molecule has 0 aromatic heterocycles. The highest BCUT2D eigenvalue weighted by atomic mass is 79.9. The van der Waals surface area contributed by atoms with Gasteiger partial charge < -0.3 is 10.4 Å². The summed E-state index contributed by atoms with van der Waals surface area (Å²) in [5.74, 6) is -1.56. The first-order chi connectivity index (χ1) is 12.4. The zero-order valence-corrected chi connectivity index (χ0v) is 15.8. The van der Waals surface area contributed by atoms with E-state index in [0.717, 1.165) is 4.90 Å². The van der Waals surface area contributed by atoms with E-state index in [1.165, 1.54) is 0 Å². The summed E-state index contributed by atoms with van der Waals surface area (Å²) in [6.07, 6.45) is -0.922. The predicted octanol–water partition coefficient (Wildman–Crippen LogP) is 2.55. The first kappa shape index (κ1) is 18.6. The summed E-state index contributed by atoms with van der Waals surface area (Å²) < 4.78 is 0.676. The summed E-state index contributed by atoms with van der Waals surface area (Å²) in [7, 11) is 0. The van der Waals surface area contributed by atoms with Crippen molar-refractivity contribution in [1.29, 1.82) is 0 Å². The second-order valence-corrected chi connectivity index (χ2v) is 7.11. The van der Waals surface area contributed by atoms with Crippen molar-refractivity contribution < 1.29 is 19.5 Å². The van der Waals surface area contributed by atoms with Gasteiger partial charge in [0.05, 0.1) is 17.2 Å². The Bertz CT molecular complexity index is 885. The van der Waals surface area contributed by atoms with Gasteiger partial charge in [-0.05, 0) is 35.9 Å². The topological polar surface area (TPSA) is 86.7 Å². The number of carbonyl (C=O) groups is 3. The van der Waals surface area contributed by atoms with Crippen LogP contribution in [0.15, 0.2) is 46.9 Å². The van der Waals surface area contributed by atoms with Gasteiger partial charge in [0.1, 0.15) is 6.54 Å². The van der Waals surface area contributed by atoms with Crippen LogP contribution in [-0.4, -0.2) is 40.8 Å². The Morgan fingerprint density at radius 3 is 2.46 bits per heavy atom. The third-order valence-corrected chi connectivity index (χ3v) is 4.73. The van der Waals surface area contributed by atoms with Crippen molar-refractivity contribution in [2.45, 2.75) is 6.10 Å². The molecule has 0 saturated heterocycles. The number of rotatable bonds is 5. The van der Waals surface area contributed by atoms with E-state index in [2.05, 4.69) is 21.2 Å². The normalized spacial score (nSPS) is 14.3. The fraction of sp³-hybridized carbons (Fsp3) is 0.167. The summed E-state index contributed by atoms with van der Waals surface area (Å²) in [6.45, 7) is -0.452. The van der Waals surface area contributed by atoms with Gasteiger partial charge in [0, 0.05) is 16.0 Å². The summed E-state index contributed by atoms with van der Waals surface area (Å²) in [5.41, 5.74) is 1.13. The number of hydrogen-bond donors (Lipinski definition) is 2. The average molecular weight is 438 g/mol. The molecule has 134 valence electrons. The molecule has 6 nitrogen and oxygen atoms in total. The van der Waals surface area contributed by atoms with E-state index in [1.54, 1.807) is 42.5 Å². The molecule has 3 amide bonds. The number of fused-ring (bicyclic) bond motifs is 1. The third kappa shape index (κ3) is 3.80. The van der Waals surface area contributed by atoms with Crippen LogP contribution in [0.5, 0.6) is 0 Å². The van der Waals surface area contributed by atoms with Crippen molar-refractivity contribution in [3.05, 3.63) is 68.7 Å². The third-order valence-electron chi connectivity index (χ3n) is 3.98. The largest absolute Gasteiger partial charge is 0.387 e. The van der Waals surface area contributed by atoms with Gasteiger partial charge in [-0.25, -0.2) is 0 Å². The fourth-order valence-electron chi connectivity index (χ4n) is 2.62. The lowest BCUT2D eigenvalue weighted by Gasteiger charge is -2.16. The van der Waals surface area contributed by atoms with Gasteiger partial charge in [0.25, 0.3) is 11.8 Å². The maximum Gasteiger partial charge on any atom is 0.262 e. The number of aliphatic hydroxyl groups excluding tert-OH is 1. The molecular weight excluding hydrogens is 424 g/mol. The number of hydrogen-bond acceptors (Lipinski definition) is 4. The Morgan fingerprint density at radius 1 is 1.12 bits per heavy atom. The van der Waals surface area contributed by atoms with Crippen molar-refractivity contribution >= 4 is 45.3 Å². The first-order valence-electron chi connectivity index (χ1n) is 7.73. The van der Waals surface area contributed by atoms with Gasteiger partial charge in [-0.2, -0.15) is 0 Å². The molecule has 1 aliphatic heterocycles. The zero-order chi connectivity index (χ0) is 18.8. The molecule has 2 aromatic rings. The molecule has 0 fully saturated rings. The summed E-state index contributed by atoms with van der Waals surface area (Å²) in [6, 6.07) is 11.3. The fourth-order valence-corrected chi connectivity index (χ4v) is 3.11. The van der Waals surface area contributed by atoms with Crippen molar-refractivity contribution in [1.82, 2.24) is 10.2 Å². The highest BCUT2D eigenvalue weighted by Crippen LogP contribution is 2.25. The number of aliphatic hydroxyl groups is 1. The van der Waals surface area contributed by atoms with Crippen molar-refractivity contribution in [2.75, 3.05) is 13.1 Å². The lowest BCUT2D eigenvalue weighted by Crippen LogP contribution is -2.41. The Morgan fingerprint density at radius 2 is 1.77 bits per heavy atom. The molecule has 3 rings (SSSR count). The van der Waals surface area contributed by atoms with E-state index in [4.69, 9.17) is 11.6 Å². The molecular formula is C18H14BrClN2O4. The van der Waals surface area contributed by atoms with Gasteiger partial charge in [-0.15, -0.1) is 0 Å². The Hall–Kier alpha value is -2.22. The minimum atomic E-state index is -0.922. The molecule has 0 spiro atoms. The van der Waals surface area contributed by atoms with Crippen LogP contribution in [0.25, 0.3) is 0 Å². The number of nitrogens with one attached hydrogen (secondary N) is 1. The number of amides is 3. The number of benzene rings is 2. The molecule has 1 atom stereocenters. The summed E-state index contributed by atoms with van der Waals surface area (Å²) >= 11 is 9.04. The van der Waals surface area contributed by atoms with E-state index in [-0.39, 0.29) is 17.7 Å². The standard InChI is InChI=1S/C18H14BrClN2O4/c19-11-3-6-13-14(7-11)18(26)22(17(13)25)9-16(24)21-8-15(23)10-1-4-12(20)5-2-10/h1-7,15,23H,8-9H2,(H,21,24)/t15-/m0/s1. The molecule has 0 saturated carbocycles. The zero-order valence-electron chi connectivity index (χ0n) is 13.4. The Labute approximate surface area is 162 Å². The van der Waals surface area contributed by atoms with E-state index < -0.39 is 30.4 Å².